The standard InChI is InChI=1S/C22H26N2O3/c1-2-27-22(26)23-20-10-6-9-19(16-20)21(25)24-13-11-18(12-14-24)15-17-7-4-3-5-8-17/h3-10,16,18H,2,11-15H2,1H3,(H,23,26). The lowest BCUT2D eigenvalue weighted by Gasteiger charge is -2.32. The van der Waals surface area contributed by atoms with Gasteiger partial charge in [-0.3, -0.25) is 10.1 Å². The van der Waals surface area contributed by atoms with Gasteiger partial charge in [0.25, 0.3) is 5.91 Å². The van der Waals surface area contributed by atoms with Crippen molar-refractivity contribution < 1.29 is 14.3 Å². The normalized spacial score (nSPS) is 14.6. The van der Waals surface area contributed by atoms with Gasteiger partial charge >= 0.3 is 6.09 Å². The Morgan fingerprint density at radius 3 is 2.52 bits per heavy atom. The van der Waals surface area contributed by atoms with Crippen LogP contribution in [0, 0.1) is 5.92 Å². The lowest BCUT2D eigenvalue weighted by molar-refractivity contribution is 0.0690. The van der Waals surface area contributed by atoms with E-state index in [0.717, 1.165) is 32.4 Å². The maximum absolute atomic E-state index is 12.8. The maximum Gasteiger partial charge on any atom is 0.411 e. The summed E-state index contributed by atoms with van der Waals surface area (Å²) >= 11 is 0. The van der Waals surface area contributed by atoms with Crippen molar-refractivity contribution in [3.8, 4) is 0 Å². The molecule has 27 heavy (non-hydrogen) atoms. The minimum absolute atomic E-state index is 0.0145. The molecule has 0 saturated carbocycles. The van der Waals surface area contributed by atoms with Crippen LogP contribution in [0.5, 0.6) is 0 Å². The Hall–Kier alpha value is -2.82. The molecule has 1 aliphatic heterocycles. The summed E-state index contributed by atoms with van der Waals surface area (Å²) in [6.45, 7) is 3.60. The maximum atomic E-state index is 12.8. The molecular weight excluding hydrogens is 340 g/mol. The van der Waals surface area contributed by atoms with E-state index in [0.29, 0.717) is 23.8 Å². The highest BCUT2D eigenvalue weighted by Gasteiger charge is 2.24. The van der Waals surface area contributed by atoms with Crippen LogP contribution in [0.1, 0.15) is 35.7 Å². The van der Waals surface area contributed by atoms with Gasteiger partial charge in [-0.2, -0.15) is 0 Å². The van der Waals surface area contributed by atoms with Gasteiger partial charge < -0.3 is 9.64 Å². The van der Waals surface area contributed by atoms with Crippen LogP contribution in [0.3, 0.4) is 0 Å². The summed E-state index contributed by atoms with van der Waals surface area (Å²) in [6, 6.07) is 17.5. The molecular formula is C22H26N2O3. The zero-order chi connectivity index (χ0) is 19.1. The van der Waals surface area contributed by atoms with Crippen molar-refractivity contribution in [1.29, 1.82) is 0 Å². The van der Waals surface area contributed by atoms with Crippen molar-refractivity contribution in [1.82, 2.24) is 4.90 Å². The van der Waals surface area contributed by atoms with Gasteiger partial charge in [0.05, 0.1) is 6.61 Å². The van der Waals surface area contributed by atoms with Gasteiger partial charge in [0, 0.05) is 24.3 Å². The van der Waals surface area contributed by atoms with Crippen LogP contribution in [0.4, 0.5) is 10.5 Å². The topological polar surface area (TPSA) is 58.6 Å². The second-order valence-electron chi connectivity index (χ2n) is 6.85. The minimum Gasteiger partial charge on any atom is -0.450 e. The lowest BCUT2D eigenvalue weighted by atomic mass is 9.90. The highest BCUT2D eigenvalue weighted by molar-refractivity contribution is 5.96. The van der Waals surface area contributed by atoms with Crippen molar-refractivity contribution in [3.63, 3.8) is 0 Å². The van der Waals surface area contributed by atoms with Crippen LogP contribution < -0.4 is 5.32 Å². The van der Waals surface area contributed by atoms with E-state index in [1.54, 1.807) is 31.2 Å². The van der Waals surface area contributed by atoms with Crippen molar-refractivity contribution >= 4 is 17.7 Å². The number of carbonyl (C=O) groups excluding carboxylic acids is 2. The number of benzene rings is 2. The average molecular weight is 366 g/mol. The molecule has 0 spiro atoms. The molecule has 1 fully saturated rings. The fourth-order valence-corrected chi connectivity index (χ4v) is 3.49. The Labute approximate surface area is 160 Å². The number of rotatable bonds is 5. The number of hydrogen-bond donors (Lipinski definition) is 1. The van der Waals surface area contributed by atoms with Crippen molar-refractivity contribution in [3.05, 3.63) is 65.7 Å². The van der Waals surface area contributed by atoms with Crippen molar-refractivity contribution in [2.75, 3.05) is 25.0 Å². The monoisotopic (exact) mass is 366 g/mol. The lowest BCUT2D eigenvalue weighted by Crippen LogP contribution is -2.38. The fraction of sp³-hybridized carbons (Fsp3) is 0.364. The largest absolute Gasteiger partial charge is 0.450 e. The van der Waals surface area contributed by atoms with E-state index in [2.05, 4.69) is 29.6 Å². The summed E-state index contributed by atoms with van der Waals surface area (Å²) in [7, 11) is 0. The first-order valence-electron chi connectivity index (χ1n) is 9.52. The number of ether oxygens (including phenoxy) is 1. The quantitative estimate of drug-likeness (QED) is 0.856. The van der Waals surface area contributed by atoms with Gasteiger partial charge in [-0.05, 0) is 55.9 Å². The van der Waals surface area contributed by atoms with Gasteiger partial charge in [-0.15, -0.1) is 0 Å². The second kappa shape index (κ2) is 9.21. The number of carbonyl (C=O) groups is 2. The molecule has 1 N–H and O–H groups in total. The summed E-state index contributed by atoms with van der Waals surface area (Å²) in [4.78, 5) is 26.3. The molecule has 142 valence electrons. The van der Waals surface area contributed by atoms with Gasteiger partial charge in [0.15, 0.2) is 0 Å². The van der Waals surface area contributed by atoms with Crippen molar-refractivity contribution in [2.45, 2.75) is 26.2 Å². The van der Waals surface area contributed by atoms with Crippen LogP contribution >= 0.6 is 0 Å². The molecule has 0 aromatic heterocycles. The van der Waals surface area contributed by atoms with E-state index in [-0.39, 0.29) is 5.91 Å². The van der Waals surface area contributed by atoms with E-state index in [1.807, 2.05) is 11.0 Å². The third-order valence-electron chi connectivity index (χ3n) is 4.90. The second-order valence-corrected chi connectivity index (χ2v) is 6.85. The number of likely N-dealkylation sites (tertiary alicyclic amines) is 1. The first kappa shape index (κ1) is 19.0. The minimum atomic E-state index is -0.510. The number of nitrogens with one attached hydrogen (secondary N) is 1. The first-order valence-corrected chi connectivity index (χ1v) is 9.52. The van der Waals surface area contributed by atoms with E-state index in [1.165, 1.54) is 5.56 Å². The predicted octanol–water partition coefficient (Wildman–Crippen LogP) is 4.35. The van der Waals surface area contributed by atoms with Crippen LogP contribution in [0.15, 0.2) is 54.6 Å². The highest BCUT2D eigenvalue weighted by atomic mass is 16.5. The molecule has 0 unspecified atom stereocenters. The first-order chi connectivity index (χ1) is 13.2. The molecule has 2 amide bonds. The number of amides is 2. The number of piperidine rings is 1. The number of anilines is 1. The summed E-state index contributed by atoms with van der Waals surface area (Å²) < 4.78 is 4.88. The zero-order valence-corrected chi connectivity index (χ0v) is 15.7. The van der Waals surface area contributed by atoms with Crippen LogP contribution in [-0.2, 0) is 11.2 Å². The van der Waals surface area contributed by atoms with E-state index in [9.17, 15) is 9.59 Å². The Morgan fingerprint density at radius 1 is 1.07 bits per heavy atom. The molecule has 2 aromatic carbocycles. The van der Waals surface area contributed by atoms with E-state index in [4.69, 9.17) is 4.74 Å². The Morgan fingerprint density at radius 2 is 1.81 bits per heavy atom. The zero-order valence-electron chi connectivity index (χ0n) is 15.7. The van der Waals surface area contributed by atoms with Gasteiger partial charge in [-0.25, -0.2) is 4.79 Å². The molecule has 1 heterocycles. The molecule has 0 aliphatic carbocycles. The van der Waals surface area contributed by atoms with Crippen molar-refractivity contribution in [2.24, 2.45) is 5.92 Å². The molecule has 0 radical (unpaired) electrons. The summed E-state index contributed by atoms with van der Waals surface area (Å²) in [5.74, 6) is 0.633. The Kier molecular flexibility index (Phi) is 6.47. The number of nitrogens with zero attached hydrogens (tertiary/aromatic N) is 1. The fourth-order valence-electron chi connectivity index (χ4n) is 3.49. The molecule has 2 aromatic rings. The average Bonchev–Trinajstić information content (AvgIpc) is 2.69. The molecule has 5 heteroatoms. The third-order valence-corrected chi connectivity index (χ3v) is 4.90. The molecule has 0 bridgehead atoms. The van der Waals surface area contributed by atoms with Crippen LogP contribution in [0.25, 0.3) is 0 Å². The van der Waals surface area contributed by atoms with E-state index >= 15 is 0 Å². The van der Waals surface area contributed by atoms with Crippen LogP contribution in [-0.4, -0.2) is 36.6 Å². The van der Waals surface area contributed by atoms with E-state index < -0.39 is 6.09 Å². The highest BCUT2D eigenvalue weighted by Crippen LogP contribution is 2.23. The summed E-state index contributed by atoms with van der Waals surface area (Å²) in [6.07, 6.45) is 2.59. The Balaban J connectivity index is 1.55. The van der Waals surface area contributed by atoms with Gasteiger partial charge in [0.1, 0.15) is 0 Å². The third kappa shape index (κ3) is 5.33. The summed E-state index contributed by atoms with van der Waals surface area (Å²) in [5, 5.41) is 2.64. The number of hydrogen-bond acceptors (Lipinski definition) is 3. The molecule has 0 atom stereocenters. The van der Waals surface area contributed by atoms with Crippen LogP contribution in [0.2, 0.25) is 0 Å². The van der Waals surface area contributed by atoms with Gasteiger partial charge in [0.2, 0.25) is 0 Å². The van der Waals surface area contributed by atoms with Gasteiger partial charge in [-0.1, -0.05) is 36.4 Å². The molecule has 1 aliphatic rings. The Bertz CT molecular complexity index is 768. The molecule has 3 rings (SSSR count). The molecule has 1 saturated heterocycles. The SMILES string of the molecule is CCOC(=O)Nc1cccc(C(=O)N2CCC(Cc3ccccc3)CC2)c1. The summed E-state index contributed by atoms with van der Waals surface area (Å²) in [5.41, 5.74) is 2.52. The molecule has 5 nitrogen and oxygen atoms in total. The predicted molar refractivity (Wildman–Crippen MR) is 106 cm³/mol. The smallest absolute Gasteiger partial charge is 0.411 e.